The molecule has 0 aliphatic heterocycles. The Morgan fingerprint density at radius 3 is 2.50 bits per heavy atom. The van der Waals surface area contributed by atoms with Gasteiger partial charge in [-0.25, -0.2) is 9.97 Å². The second-order valence-electron chi connectivity index (χ2n) is 5.92. The number of carbonyl (C=O) groups is 1. The summed E-state index contributed by atoms with van der Waals surface area (Å²) in [5, 5.41) is 3.79. The molecule has 0 aliphatic rings. The number of methoxy groups -OCH3 is 1. The fourth-order valence-electron chi connectivity index (χ4n) is 2.73. The first-order valence-electron chi connectivity index (χ1n) is 8.37. The van der Waals surface area contributed by atoms with E-state index < -0.39 is 0 Å². The molecule has 0 fully saturated rings. The lowest BCUT2D eigenvalue weighted by Crippen LogP contribution is -2.28. The summed E-state index contributed by atoms with van der Waals surface area (Å²) in [5.74, 6) is 1.000. The Hall–Kier alpha value is -2.60. The fraction of sp³-hybridized carbons (Fsp3) is 0.250. The molecule has 1 unspecified atom stereocenters. The van der Waals surface area contributed by atoms with Crippen molar-refractivity contribution in [3.63, 3.8) is 0 Å². The highest BCUT2D eigenvalue weighted by Crippen LogP contribution is 2.25. The molecule has 3 rings (SSSR count). The quantitative estimate of drug-likeness (QED) is 0.669. The molecule has 134 valence electrons. The van der Waals surface area contributed by atoms with Crippen LogP contribution in [0.4, 0.5) is 0 Å². The van der Waals surface area contributed by atoms with Gasteiger partial charge in [0.25, 0.3) is 0 Å². The average Bonchev–Trinajstić information content (AvgIpc) is 2.66. The number of rotatable bonds is 6. The third-order valence-electron chi connectivity index (χ3n) is 4.02. The van der Waals surface area contributed by atoms with Crippen LogP contribution in [0.3, 0.4) is 0 Å². The van der Waals surface area contributed by atoms with Crippen molar-refractivity contribution in [1.82, 2.24) is 15.3 Å². The smallest absolute Gasteiger partial charge is 0.230 e. The van der Waals surface area contributed by atoms with Gasteiger partial charge in [0.05, 0.1) is 35.6 Å². The van der Waals surface area contributed by atoms with E-state index in [1.165, 1.54) is 11.8 Å². The summed E-state index contributed by atoms with van der Waals surface area (Å²) in [4.78, 5) is 21.5. The van der Waals surface area contributed by atoms with Gasteiger partial charge in [-0.15, -0.1) is 0 Å². The predicted molar refractivity (Wildman–Crippen MR) is 105 cm³/mol. The number of carbonyl (C=O) groups excluding carboxylic acids is 1. The number of fused-ring (bicyclic) bond motifs is 1. The molecule has 1 atom stereocenters. The molecule has 1 amide bonds. The van der Waals surface area contributed by atoms with Gasteiger partial charge in [-0.3, -0.25) is 4.79 Å². The molecule has 2 aromatic carbocycles. The van der Waals surface area contributed by atoms with E-state index in [4.69, 9.17) is 4.74 Å². The van der Waals surface area contributed by atoms with Crippen molar-refractivity contribution >= 4 is 28.7 Å². The summed E-state index contributed by atoms with van der Waals surface area (Å²) in [7, 11) is 1.63. The van der Waals surface area contributed by atoms with Gasteiger partial charge >= 0.3 is 0 Å². The predicted octanol–water partition coefficient (Wildman–Crippen LogP) is 3.92. The molecule has 0 saturated heterocycles. The number of ether oxygens (including phenoxy) is 1. The number of nitrogens with one attached hydrogen (secondary N) is 1. The number of hydrogen-bond acceptors (Lipinski definition) is 5. The normalized spacial score (nSPS) is 12.0. The molecular weight excluding hydrogens is 346 g/mol. The molecule has 1 heterocycles. The van der Waals surface area contributed by atoms with Crippen LogP contribution in [-0.2, 0) is 4.79 Å². The molecular formula is C20H21N3O2S. The average molecular weight is 367 g/mol. The van der Waals surface area contributed by atoms with Crippen molar-refractivity contribution in [1.29, 1.82) is 0 Å². The molecule has 0 saturated carbocycles. The summed E-state index contributed by atoms with van der Waals surface area (Å²) in [5.41, 5.74) is 3.49. The highest BCUT2D eigenvalue weighted by molar-refractivity contribution is 7.99. The van der Waals surface area contributed by atoms with E-state index in [0.717, 1.165) is 33.1 Å². The maximum Gasteiger partial charge on any atom is 0.230 e. The van der Waals surface area contributed by atoms with Crippen molar-refractivity contribution < 1.29 is 9.53 Å². The topological polar surface area (TPSA) is 64.1 Å². The number of hydrogen-bond donors (Lipinski definition) is 1. The van der Waals surface area contributed by atoms with Crippen molar-refractivity contribution in [3.8, 4) is 5.75 Å². The maximum absolute atomic E-state index is 12.4. The molecule has 1 N–H and O–H groups in total. The van der Waals surface area contributed by atoms with Gasteiger partial charge in [0, 0.05) is 5.56 Å². The van der Waals surface area contributed by atoms with E-state index in [1.54, 1.807) is 7.11 Å². The molecule has 0 aliphatic carbocycles. The number of aromatic nitrogens is 2. The number of para-hydroxylation sites is 3. The van der Waals surface area contributed by atoms with Gasteiger partial charge in [-0.2, -0.15) is 0 Å². The minimum atomic E-state index is -0.136. The molecule has 26 heavy (non-hydrogen) atoms. The number of thioether (sulfide) groups is 1. The van der Waals surface area contributed by atoms with E-state index in [0.29, 0.717) is 0 Å². The Morgan fingerprint density at radius 1 is 1.12 bits per heavy atom. The first-order chi connectivity index (χ1) is 12.6. The van der Waals surface area contributed by atoms with Gasteiger partial charge in [0.15, 0.2) is 0 Å². The molecule has 6 heteroatoms. The molecule has 0 bridgehead atoms. The third kappa shape index (κ3) is 4.14. The maximum atomic E-state index is 12.4. The standard InChI is InChI=1S/C20H21N3O2S/c1-13(15-8-4-7-11-18(15)25-3)22-19(24)12-26-20-14(2)21-16-9-5-6-10-17(16)23-20/h4-11,13H,12H2,1-3H3,(H,22,24). The van der Waals surface area contributed by atoms with Gasteiger partial charge in [-0.05, 0) is 32.0 Å². The van der Waals surface area contributed by atoms with E-state index in [1.807, 2.05) is 62.4 Å². The minimum absolute atomic E-state index is 0.0530. The fourth-order valence-corrected chi connectivity index (χ4v) is 3.50. The lowest BCUT2D eigenvalue weighted by Gasteiger charge is -2.17. The van der Waals surface area contributed by atoms with E-state index >= 15 is 0 Å². The second kappa shape index (κ2) is 8.19. The van der Waals surface area contributed by atoms with E-state index in [2.05, 4.69) is 15.3 Å². The number of benzene rings is 2. The summed E-state index contributed by atoms with van der Waals surface area (Å²) < 4.78 is 5.36. The van der Waals surface area contributed by atoms with Crippen LogP contribution in [0.1, 0.15) is 24.2 Å². The molecule has 3 aromatic rings. The van der Waals surface area contributed by atoms with Crippen LogP contribution in [-0.4, -0.2) is 28.7 Å². The first kappa shape index (κ1) is 18.2. The van der Waals surface area contributed by atoms with Crippen LogP contribution in [0.25, 0.3) is 11.0 Å². The summed E-state index contributed by atoms with van der Waals surface area (Å²) >= 11 is 1.40. The first-order valence-corrected chi connectivity index (χ1v) is 9.35. The van der Waals surface area contributed by atoms with Crippen LogP contribution in [0.15, 0.2) is 53.6 Å². The Labute approximate surface area is 157 Å². The highest BCUT2D eigenvalue weighted by Gasteiger charge is 2.15. The van der Waals surface area contributed by atoms with Gasteiger partial charge < -0.3 is 10.1 Å². The Morgan fingerprint density at radius 2 is 1.77 bits per heavy atom. The van der Waals surface area contributed by atoms with Gasteiger partial charge in [0.2, 0.25) is 5.91 Å². The van der Waals surface area contributed by atoms with Crippen molar-refractivity contribution in [3.05, 3.63) is 59.8 Å². The zero-order valence-corrected chi connectivity index (χ0v) is 15.8. The molecule has 0 spiro atoms. The zero-order valence-electron chi connectivity index (χ0n) is 15.0. The molecule has 1 aromatic heterocycles. The van der Waals surface area contributed by atoms with Crippen LogP contribution < -0.4 is 10.1 Å². The van der Waals surface area contributed by atoms with Crippen LogP contribution >= 0.6 is 11.8 Å². The number of aryl methyl sites for hydroxylation is 1. The van der Waals surface area contributed by atoms with Crippen molar-refractivity contribution in [2.75, 3.05) is 12.9 Å². The summed E-state index contributed by atoms with van der Waals surface area (Å²) in [6.07, 6.45) is 0. The van der Waals surface area contributed by atoms with E-state index in [9.17, 15) is 4.79 Å². The monoisotopic (exact) mass is 367 g/mol. The van der Waals surface area contributed by atoms with Crippen molar-refractivity contribution in [2.45, 2.75) is 24.9 Å². The summed E-state index contributed by atoms with van der Waals surface area (Å²) in [6, 6.07) is 15.3. The molecule has 0 radical (unpaired) electrons. The summed E-state index contributed by atoms with van der Waals surface area (Å²) in [6.45, 7) is 3.86. The van der Waals surface area contributed by atoms with Gasteiger partial charge in [0.1, 0.15) is 10.8 Å². The largest absolute Gasteiger partial charge is 0.496 e. The van der Waals surface area contributed by atoms with E-state index in [-0.39, 0.29) is 17.7 Å². The Kier molecular flexibility index (Phi) is 5.73. The lowest BCUT2D eigenvalue weighted by atomic mass is 10.1. The van der Waals surface area contributed by atoms with Crippen LogP contribution in [0.5, 0.6) is 5.75 Å². The Bertz CT molecular complexity index is 930. The van der Waals surface area contributed by atoms with Gasteiger partial charge in [-0.1, -0.05) is 42.1 Å². The minimum Gasteiger partial charge on any atom is -0.496 e. The Balaban J connectivity index is 1.65. The third-order valence-corrected chi connectivity index (χ3v) is 5.09. The SMILES string of the molecule is COc1ccccc1C(C)NC(=O)CSc1nc2ccccc2nc1C. The zero-order chi connectivity index (χ0) is 18.5. The lowest BCUT2D eigenvalue weighted by molar-refractivity contribution is -0.119. The molecule has 5 nitrogen and oxygen atoms in total. The highest BCUT2D eigenvalue weighted by atomic mass is 32.2. The number of nitrogens with zero attached hydrogens (tertiary/aromatic N) is 2. The van der Waals surface area contributed by atoms with Crippen LogP contribution in [0.2, 0.25) is 0 Å². The van der Waals surface area contributed by atoms with Crippen molar-refractivity contribution in [2.24, 2.45) is 0 Å². The van der Waals surface area contributed by atoms with Crippen LogP contribution in [0, 0.1) is 6.92 Å². The number of amides is 1. The second-order valence-corrected chi connectivity index (χ2v) is 6.89.